The SMILES string of the molecule is CCC1CNC(C)(C2CC2)CN1c1ccc(OC)cc1. The van der Waals surface area contributed by atoms with Crippen LogP contribution in [0.5, 0.6) is 5.75 Å². The first kappa shape index (κ1) is 13.7. The van der Waals surface area contributed by atoms with Crippen LogP contribution >= 0.6 is 0 Å². The van der Waals surface area contributed by atoms with E-state index in [1.54, 1.807) is 7.11 Å². The predicted molar refractivity (Wildman–Crippen MR) is 83.6 cm³/mol. The molecular weight excluding hydrogens is 248 g/mol. The molecule has 1 aromatic rings. The molecule has 0 bridgehead atoms. The van der Waals surface area contributed by atoms with E-state index in [0.717, 1.165) is 24.8 Å². The molecule has 2 atom stereocenters. The highest BCUT2D eigenvalue weighted by atomic mass is 16.5. The van der Waals surface area contributed by atoms with Crippen molar-refractivity contribution in [2.45, 2.75) is 44.7 Å². The van der Waals surface area contributed by atoms with Gasteiger partial charge in [0, 0.05) is 30.4 Å². The normalized spacial score (nSPS) is 30.4. The summed E-state index contributed by atoms with van der Waals surface area (Å²) in [6.45, 7) is 6.88. The second-order valence-electron chi connectivity index (χ2n) is 6.46. The fourth-order valence-corrected chi connectivity index (χ4v) is 3.43. The van der Waals surface area contributed by atoms with Crippen LogP contribution in [0.2, 0.25) is 0 Å². The molecule has 0 amide bonds. The molecule has 1 saturated carbocycles. The molecule has 3 heteroatoms. The Hall–Kier alpha value is -1.22. The Morgan fingerprint density at radius 1 is 1.30 bits per heavy atom. The topological polar surface area (TPSA) is 24.5 Å². The van der Waals surface area contributed by atoms with E-state index in [1.807, 2.05) is 0 Å². The molecule has 1 aliphatic heterocycles. The van der Waals surface area contributed by atoms with Gasteiger partial charge in [0.2, 0.25) is 0 Å². The van der Waals surface area contributed by atoms with E-state index in [0.29, 0.717) is 6.04 Å². The van der Waals surface area contributed by atoms with E-state index >= 15 is 0 Å². The Morgan fingerprint density at radius 2 is 2.00 bits per heavy atom. The molecule has 2 fully saturated rings. The molecule has 20 heavy (non-hydrogen) atoms. The average molecular weight is 274 g/mol. The van der Waals surface area contributed by atoms with Crippen LogP contribution in [-0.4, -0.2) is 31.8 Å². The van der Waals surface area contributed by atoms with Crippen molar-refractivity contribution in [1.29, 1.82) is 0 Å². The van der Waals surface area contributed by atoms with Gasteiger partial charge in [0.1, 0.15) is 5.75 Å². The average Bonchev–Trinajstić information content (AvgIpc) is 3.32. The molecular formula is C17H26N2O. The van der Waals surface area contributed by atoms with Crippen molar-refractivity contribution < 1.29 is 4.74 Å². The van der Waals surface area contributed by atoms with Gasteiger partial charge in [0.05, 0.1) is 7.11 Å². The standard InChI is InChI=1S/C17H26N2O/c1-4-14-11-18-17(2,13-5-6-13)12-19(14)15-7-9-16(20-3)10-8-15/h7-10,13-14,18H,4-6,11-12H2,1-3H3. The van der Waals surface area contributed by atoms with E-state index in [1.165, 1.54) is 24.9 Å². The first-order valence-corrected chi connectivity index (χ1v) is 7.82. The zero-order valence-corrected chi connectivity index (χ0v) is 12.9. The maximum absolute atomic E-state index is 5.27. The number of benzene rings is 1. The number of nitrogens with zero attached hydrogens (tertiary/aromatic N) is 1. The highest BCUT2D eigenvalue weighted by Gasteiger charge is 2.45. The van der Waals surface area contributed by atoms with Crippen LogP contribution in [0.1, 0.15) is 33.1 Å². The second-order valence-corrected chi connectivity index (χ2v) is 6.46. The summed E-state index contributed by atoms with van der Waals surface area (Å²) in [5, 5.41) is 3.81. The molecule has 0 aromatic heterocycles. The summed E-state index contributed by atoms with van der Waals surface area (Å²) in [7, 11) is 1.72. The fourth-order valence-electron chi connectivity index (χ4n) is 3.43. The second kappa shape index (κ2) is 5.28. The zero-order valence-electron chi connectivity index (χ0n) is 12.9. The molecule has 1 heterocycles. The highest BCUT2D eigenvalue weighted by Crippen LogP contribution is 2.42. The quantitative estimate of drug-likeness (QED) is 0.913. The summed E-state index contributed by atoms with van der Waals surface area (Å²) < 4.78 is 5.27. The maximum atomic E-state index is 5.27. The van der Waals surface area contributed by atoms with Gasteiger partial charge in [-0.1, -0.05) is 6.92 Å². The number of nitrogens with one attached hydrogen (secondary N) is 1. The third kappa shape index (κ3) is 2.51. The predicted octanol–water partition coefficient (Wildman–Crippen LogP) is 3.05. The van der Waals surface area contributed by atoms with Crippen LogP contribution < -0.4 is 15.0 Å². The van der Waals surface area contributed by atoms with Gasteiger partial charge in [0.25, 0.3) is 0 Å². The van der Waals surface area contributed by atoms with Crippen molar-refractivity contribution in [1.82, 2.24) is 5.32 Å². The number of anilines is 1. The molecule has 1 aromatic carbocycles. The summed E-state index contributed by atoms with van der Waals surface area (Å²) in [5.41, 5.74) is 1.61. The van der Waals surface area contributed by atoms with E-state index in [4.69, 9.17) is 4.74 Å². The Labute approximate surface area is 122 Å². The summed E-state index contributed by atoms with van der Waals surface area (Å²) in [6.07, 6.45) is 3.95. The van der Waals surface area contributed by atoms with Crippen LogP contribution in [0.4, 0.5) is 5.69 Å². The third-order valence-electron chi connectivity index (χ3n) is 5.03. The Balaban J connectivity index is 1.82. The van der Waals surface area contributed by atoms with Gasteiger partial charge in [0.15, 0.2) is 0 Å². The van der Waals surface area contributed by atoms with Crippen LogP contribution in [-0.2, 0) is 0 Å². The fraction of sp³-hybridized carbons (Fsp3) is 0.647. The van der Waals surface area contributed by atoms with Crippen LogP contribution in [0.25, 0.3) is 0 Å². The lowest BCUT2D eigenvalue weighted by Crippen LogP contribution is -2.64. The third-order valence-corrected chi connectivity index (χ3v) is 5.03. The lowest BCUT2D eigenvalue weighted by molar-refractivity contribution is 0.252. The van der Waals surface area contributed by atoms with Crippen LogP contribution in [0.3, 0.4) is 0 Å². The molecule has 3 rings (SSSR count). The lowest BCUT2D eigenvalue weighted by atomic mass is 9.90. The van der Waals surface area contributed by atoms with Crippen molar-refractivity contribution in [2.24, 2.45) is 5.92 Å². The smallest absolute Gasteiger partial charge is 0.119 e. The van der Waals surface area contributed by atoms with Gasteiger partial charge < -0.3 is 15.0 Å². The summed E-state index contributed by atoms with van der Waals surface area (Å²) >= 11 is 0. The van der Waals surface area contributed by atoms with Gasteiger partial charge >= 0.3 is 0 Å². The summed E-state index contributed by atoms with van der Waals surface area (Å²) in [5.74, 6) is 1.79. The Morgan fingerprint density at radius 3 is 2.55 bits per heavy atom. The van der Waals surface area contributed by atoms with E-state index in [9.17, 15) is 0 Å². The van der Waals surface area contributed by atoms with Gasteiger partial charge in [-0.25, -0.2) is 0 Å². The highest BCUT2D eigenvalue weighted by molar-refractivity contribution is 5.51. The molecule has 0 spiro atoms. The largest absolute Gasteiger partial charge is 0.497 e. The van der Waals surface area contributed by atoms with Gasteiger partial charge in [-0.05, 0) is 56.4 Å². The van der Waals surface area contributed by atoms with Crippen molar-refractivity contribution in [3.8, 4) is 5.75 Å². The minimum Gasteiger partial charge on any atom is -0.497 e. The van der Waals surface area contributed by atoms with Gasteiger partial charge in [-0.2, -0.15) is 0 Å². The van der Waals surface area contributed by atoms with Crippen molar-refractivity contribution in [2.75, 3.05) is 25.1 Å². The lowest BCUT2D eigenvalue weighted by Gasteiger charge is -2.47. The number of rotatable bonds is 4. The number of ether oxygens (including phenoxy) is 1. The molecule has 1 N–H and O–H groups in total. The summed E-state index contributed by atoms with van der Waals surface area (Å²) in [4.78, 5) is 2.59. The number of piperazine rings is 1. The molecule has 110 valence electrons. The van der Waals surface area contributed by atoms with E-state index < -0.39 is 0 Å². The Bertz CT molecular complexity index is 455. The van der Waals surface area contributed by atoms with Crippen molar-refractivity contribution in [3.63, 3.8) is 0 Å². The number of hydrogen-bond donors (Lipinski definition) is 1. The molecule has 1 saturated heterocycles. The first-order chi connectivity index (χ1) is 9.66. The monoisotopic (exact) mass is 274 g/mol. The van der Waals surface area contributed by atoms with Gasteiger partial charge in [-0.3, -0.25) is 0 Å². The molecule has 3 nitrogen and oxygen atoms in total. The Kier molecular flexibility index (Phi) is 3.63. The van der Waals surface area contributed by atoms with Crippen LogP contribution in [0.15, 0.2) is 24.3 Å². The first-order valence-electron chi connectivity index (χ1n) is 7.82. The van der Waals surface area contributed by atoms with E-state index in [-0.39, 0.29) is 5.54 Å². The molecule has 2 aliphatic rings. The molecule has 0 radical (unpaired) electrons. The summed E-state index contributed by atoms with van der Waals surface area (Å²) in [6, 6.07) is 9.12. The van der Waals surface area contributed by atoms with Crippen molar-refractivity contribution in [3.05, 3.63) is 24.3 Å². The minimum atomic E-state index is 0.283. The number of methoxy groups -OCH3 is 1. The maximum Gasteiger partial charge on any atom is 0.119 e. The van der Waals surface area contributed by atoms with E-state index in [2.05, 4.69) is 48.3 Å². The molecule has 2 unspecified atom stereocenters. The molecule has 1 aliphatic carbocycles. The minimum absolute atomic E-state index is 0.283. The zero-order chi connectivity index (χ0) is 14.2. The van der Waals surface area contributed by atoms with Crippen LogP contribution in [0, 0.1) is 5.92 Å². The van der Waals surface area contributed by atoms with Gasteiger partial charge in [-0.15, -0.1) is 0 Å². The van der Waals surface area contributed by atoms with Crippen molar-refractivity contribution >= 4 is 5.69 Å². The number of hydrogen-bond acceptors (Lipinski definition) is 3.